The molecule has 1 aliphatic heterocycles. The van der Waals surface area contributed by atoms with Crippen molar-refractivity contribution in [2.75, 3.05) is 0 Å². The summed E-state index contributed by atoms with van der Waals surface area (Å²) in [4.78, 5) is 30.0. The molecule has 3 rings (SSSR count). The second kappa shape index (κ2) is 9.32. The highest BCUT2D eigenvalue weighted by molar-refractivity contribution is 6.05. The van der Waals surface area contributed by atoms with Gasteiger partial charge in [-0.3, -0.25) is 9.79 Å². The lowest BCUT2D eigenvalue weighted by Crippen LogP contribution is -2.36. The number of hydrogen-bond acceptors (Lipinski definition) is 5. The van der Waals surface area contributed by atoms with Crippen molar-refractivity contribution in [1.82, 2.24) is 0 Å². The van der Waals surface area contributed by atoms with Gasteiger partial charge in [-0.15, -0.1) is 0 Å². The lowest BCUT2D eigenvalue weighted by atomic mass is 9.81. The average Bonchev–Trinajstić information content (AvgIpc) is 2.72. The molecule has 1 aliphatic rings. The summed E-state index contributed by atoms with van der Waals surface area (Å²) in [6.45, 7) is 5.77. The summed E-state index contributed by atoms with van der Waals surface area (Å²) in [7, 11) is 0. The standard InChI is InChI=1S/C24H25NO4/c1-16-21(23(26)28-14-19-10-6-4-7-11-19)17(2)25-18(3)22(16)24(27)29-15-20-12-8-5-9-13-20/h4-13,16,21H,14-15H2,1-3H3/t16-,21?/m0/s1. The molecule has 2 aromatic rings. The van der Waals surface area contributed by atoms with Crippen molar-refractivity contribution in [2.24, 2.45) is 16.8 Å². The minimum absolute atomic E-state index is 0.176. The Morgan fingerprint density at radius 2 is 1.38 bits per heavy atom. The largest absolute Gasteiger partial charge is 0.460 e. The van der Waals surface area contributed by atoms with Crippen LogP contribution in [0.15, 0.2) is 76.9 Å². The third kappa shape index (κ3) is 4.99. The molecule has 1 heterocycles. The van der Waals surface area contributed by atoms with E-state index in [0.29, 0.717) is 17.0 Å². The Morgan fingerprint density at radius 3 is 1.93 bits per heavy atom. The Hall–Kier alpha value is -3.21. The van der Waals surface area contributed by atoms with Crippen molar-refractivity contribution in [3.05, 3.63) is 83.1 Å². The van der Waals surface area contributed by atoms with Crippen molar-refractivity contribution in [3.63, 3.8) is 0 Å². The zero-order valence-electron chi connectivity index (χ0n) is 16.9. The summed E-state index contributed by atoms with van der Waals surface area (Å²) in [5.74, 6) is -1.82. The molecule has 150 valence electrons. The number of esters is 2. The maximum Gasteiger partial charge on any atom is 0.336 e. The van der Waals surface area contributed by atoms with Crippen LogP contribution in [0, 0.1) is 11.8 Å². The number of hydrogen-bond donors (Lipinski definition) is 0. The topological polar surface area (TPSA) is 65.0 Å². The summed E-state index contributed by atoms with van der Waals surface area (Å²) in [6, 6.07) is 19.0. The fraction of sp³-hybridized carbons (Fsp3) is 0.292. The average molecular weight is 391 g/mol. The number of carbonyl (C=O) groups is 2. The SMILES string of the molecule is CC1=NC(C)=C(C(=O)OCc2ccccc2)[C@@H](C)C1C(=O)OCc1ccccc1. The lowest BCUT2D eigenvalue weighted by Gasteiger charge is -2.28. The summed E-state index contributed by atoms with van der Waals surface area (Å²) < 4.78 is 11.0. The van der Waals surface area contributed by atoms with Gasteiger partial charge in [-0.1, -0.05) is 67.6 Å². The van der Waals surface area contributed by atoms with E-state index in [4.69, 9.17) is 9.47 Å². The number of nitrogens with zero attached hydrogens (tertiary/aromatic N) is 1. The monoisotopic (exact) mass is 391 g/mol. The maximum atomic E-state index is 12.8. The van der Waals surface area contributed by atoms with E-state index in [0.717, 1.165) is 11.1 Å². The van der Waals surface area contributed by atoms with Crippen molar-refractivity contribution in [2.45, 2.75) is 34.0 Å². The Balaban J connectivity index is 1.69. The molecule has 0 aromatic heterocycles. The molecule has 0 fully saturated rings. The summed E-state index contributed by atoms with van der Waals surface area (Å²) >= 11 is 0. The van der Waals surface area contributed by atoms with Gasteiger partial charge in [-0.25, -0.2) is 4.79 Å². The predicted octanol–water partition coefficient (Wildman–Crippen LogP) is 4.47. The molecule has 5 nitrogen and oxygen atoms in total. The van der Waals surface area contributed by atoms with E-state index in [-0.39, 0.29) is 25.1 Å². The first-order valence-corrected chi connectivity index (χ1v) is 9.65. The quantitative estimate of drug-likeness (QED) is 0.682. The minimum atomic E-state index is -0.610. The lowest BCUT2D eigenvalue weighted by molar-refractivity contribution is -0.149. The molecular weight excluding hydrogens is 366 g/mol. The van der Waals surface area contributed by atoms with Crippen LogP contribution < -0.4 is 0 Å². The minimum Gasteiger partial charge on any atom is -0.460 e. The van der Waals surface area contributed by atoms with Gasteiger partial charge >= 0.3 is 11.9 Å². The molecular formula is C24H25NO4. The fourth-order valence-corrected chi connectivity index (χ4v) is 3.58. The number of carbonyl (C=O) groups excluding carboxylic acids is 2. The van der Waals surface area contributed by atoms with Gasteiger partial charge in [0.25, 0.3) is 0 Å². The Morgan fingerprint density at radius 1 is 0.862 bits per heavy atom. The summed E-state index contributed by atoms with van der Waals surface area (Å²) in [6.07, 6.45) is 0. The van der Waals surface area contributed by atoms with E-state index < -0.39 is 11.9 Å². The van der Waals surface area contributed by atoms with Crippen LogP contribution in [0.1, 0.15) is 31.9 Å². The predicted molar refractivity (Wildman–Crippen MR) is 111 cm³/mol. The van der Waals surface area contributed by atoms with Crippen LogP contribution in [0.4, 0.5) is 0 Å². The van der Waals surface area contributed by atoms with Gasteiger partial charge in [-0.05, 0) is 25.0 Å². The summed E-state index contributed by atoms with van der Waals surface area (Å²) in [5, 5.41) is 0. The van der Waals surface area contributed by atoms with E-state index in [9.17, 15) is 9.59 Å². The second-order valence-corrected chi connectivity index (χ2v) is 7.17. The van der Waals surface area contributed by atoms with Crippen molar-refractivity contribution >= 4 is 17.7 Å². The molecule has 0 bridgehead atoms. The van der Waals surface area contributed by atoms with Gasteiger partial charge < -0.3 is 9.47 Å². The Labute approximate surface area is 171 Å². The first-order valence-electron chi connectivity index (χ1n) is 9.65. The molecule has 2 atom stereocenters. The zero-order valence-corrected chi connectivity index (χ0v) is 16.9. The molecule has 2 aromatic carbocycles. The van der Waals surface area contributed by atoms with Gasteiger partial charge in [0.1, 0.15) is 19.1 Å². The van der Waals surface area contributed by atoms with Crippen LogP contribution >= 0.6 is 0 Å². The smallest absolute Gasteiger partial charge is 0.336 e. The fourth-order valence-electron chi connectivity index (χ4n) is 3.58. The number of ether oxygens (including phenoxy) is 2. The molecule has 0 radical (unpaired) electrons. The van der Waals surface area contributed by atoms with Crippen LogP contribution in [0.3, 0.4) is 0 Å². The van der Waals surface area contributed by atoms with E-state index in [1.807, 2.05) is 67.6 Å². The molecule has 0 saturated carbocycles. The van der Waals surface area contributed by atoms with Gasteiger partial charge in [0.2, 0.25) is 0 Å². The third-order valence-electron chi connectivity index (χ3n) is 5.05. The second-order valence-electron chi connectivity index (χ2n) is 7.17. The van der Waals surface area contributed by atoms with Crippen LogP contribution in [0.25, 0.3) is 0 Å². The van der Waals surface area contributed by atoms with E-state index in [1.54, 1.807) is 13.8 Å². The van der Waals surface area contributed by atoms with Gasteiger partial charge in [-0.2, -0.15) is 0 Å². The van der Waals surface area contributed by atoms with Crippen LogP contribution in [0.5, 0.6) is 0 Å². The molecule has 1 unspecified atom stereocenters. The normalized spacial score (nSPS) is 18.8. The van der Waals surface area contributed by atoms with Crippen LogP contribution in [-0.4, -0.2) is 17.7 Å². The van der Waals surface area contributed by atoms with E-state index in [2.05, 4.69) is 4.99 Å². The Kier molecular flexibility index (Phi) is 6.60. The van der Waals surface area contributed by atoms with Crippen LogP contribution in [-0.2, 0) is 32.3 Å². The molecule has 0 N–H and O–H groups in total. The molecule has 0 amide bonds. The number of aliphatic imine (C=N–C) groups is 1. The highest BCUT2D eigenvalue weighted by atomic mass is 16.5. The zero-order chi connectivity index (χ0) is 20.8. The number of benzene rings is 2. The first-order chi connectivity index (χ1) is 14.0. The van der Waals surface area contributed by atoms with Crippen molar-refractivity contribution in [1.29, 1.82) is 0 Å². The van der Waals surface area contributed by atoms with Crippen molar-refractivity contribution < 1.29 is 19.1 Å². The van der Waals surface area contributed by atoms with E-state index >= 15 is 0 Å². The van der Waals surface area contributed by atoms with Gasteiger partial charge in [0.15, 0.2) is 0 Å². The van der Waals surface area contributed by atoms with Crippen molar-refractivity contribution in [3.8, 4) is 0 Å². The molecule has 0 saturated heterocycles. The third-order valence-corrected chi connectivity index (χ3v) is 5.05. The molecule has 0 aliphatic carbocycles. The molecule has 0 spiro atoms. The maximum absolute atomic E-state index is 12.8. The van der Waals surface area contributed by atoms with Gasteiger partial charge in [0, 0.05) is 17.3 Å². The molecule has 5 heteroatoms. The highest BCUT2D eigenvalue weighted by Crippen LogP contribution is 2.32. The highest BCUT2D eigenvalue weighted by Gasteiger charge is 2.38. The Bertz CT molecular complexity index is 932. The number of rotatable bonds is 6. The van der Waals surface area contributed by atoms with Gasteiger partial charge in [0.05, 0.1) is 5.57 Å². The first kappa shape index (κ1) is 20.5. The van der Waals surface area contributed by atoms with Crippen LogP contribution in [0.2, 0.25) is 0 Å². The van der Waals surface area contributed by atoms with E-state index in [1.165, 1.54) is 0 Å². The molecule has 29 heavy (non-hydrogen) atoms. The number of allylic oxidation sites excluding steroid dienone is 1. The summed E-state index contributed by atoms with van der Waals surface area (Å²) in [5.41, 5.74) is 3.47.